The third-order valence-corrected chi connectivity index (χ3v) is 4.63. The lowest BCUT2D eigenvalue weighted by Crippen LogP contribution is -2.40. The van der Waals surface area contributed by atoms with Crippen molar-refractivity contribution in [2.45, 2.75) is 32.4 Å². The van der Waals surface area contributed by atoms with Gasteiger partial charge in [-0.2, -0.15) is 5.10 Å². The molecule has 3 N–H and O–H groups in total. The van der Waals surface area contributed by atoms with Crippen LogP contribution in [0.3, 0.4) is 0 Å². The number of alkyl carbamates (subject to hydrolysis) is 1. The minimum Gasteiger partial charge on any atom is -0.496 e. The highest BCUT2D eigenvalue weighted by molar-refractivity contribution is 5.96. The zero-order valence-electron chi connectivity index (χ0n) is 18.6. The first-order valence-corrected chi connectivity index (χ1v) is 10.3. The van der Waals surface area contributed by atoms with E-state index in [4.69, 9.17) is 9.47 Å². The van der Waals surface area contributed by atoms with Crippen LogP contribution in [0.4, 0.5) is 4.79 Å². The minimum atomic E-state index is -0.608. The van der Waals surface area contributed by atoms with Crippen LogP contribution in [0, 0.1) is 0 Å². The molecule has 32 heavy (non-hydrogen) atoms. The summed E-state index contributed by atoms with van der Waals surface area (Å²) < 4.78 is 10.8. The molecule has 8 heteroatoms. The van der Waals surface area contributed by atoms with Crippen LogP contribution in [-0.2, 0) is 4.74 Å². The van der Waals surface area contributed by atoms with Gasteiger partial charge in [0.15, 0.2) is 0 Å². The van der Waals surface area contributed by atoms with Crippen molar-refractivity contribution in [1.29, 1.82) is 0 Å². The highest BCUT2D eigenvalue weighted by atomic mass is 16.6. The van der Waals surface area contributed by atoms with Gasteiger partial charge in [0, 0.05) is 29.4 Å². The van der Waals surface area contributed by atoms with Gasteiger partial charge in [0.05, 0.1) is 19.3 Å². The SMILES string of the molecule is COc1cc(C(=O)NC(CNC(=O)OC(C)(C)C)c2ccccc2)ccc1-c1cn[nH]c1. The average molecular weight is 437 g/mol. The molecule has 168 valence electrons. The van der Waals surface area contributed by atoms with Gasteiger partial charge < -0.3 is 20.1 Å². The maximum Gasteiger partial charge on any atom is 0.407 e. The van der Waals surface area contributed by atoms with E-state index in [1.54, 1.807) is 52.4 Å². The molecule has 3 aromatic rings. The highest BCUT2D eigenvalue weighted by Gasteiger charge is 2.21. The fraction of sp³-hybridized carbons (Fsp3) is 0.292. The Labute approximate surface area is 187 Å². The van der Waals surface area contributed by atoms with E-state index in [0.29, 0.717) is 11.3 Å². The first-order valence-electron chi connectivity index (χ1n) is 10.3. The van der Waals surface area contributed by atoms with Gasteiger partial charge in [-0.05, 0) is 44.5 Å². The number of aromatic amines is 1. The predicted octanol–water partition coefficient (Wildman–Crippen LogP) is 4.08. The van der Waals surface area contributed by atoms with Crippen LogP contribution in [0.5, 0.6) is 5.75 Å². The average Bonchev–Trinajstić information content (AvgIpc) is 3.30. The Morgan fingerprint density at radius 2 is 1.88 bits per heavy atom. The third-order valence-electron chi connectivity index (χ3n) is 4.63. The number of carbonyl (C=O) groups excluding carboxylic acids is 2. The smallest absolute Gasteiger partial charge is 0.407 e. The summed E-state index contributed by atoms with van der Waals surface area (Å²) in [6, 6.07) is 14.2. The number of methoxy groups -OCH3 is 1. The predicted molar refractivity (Wildman–Crippen MR) is 121 cm³/mol. The van der Waals surface area contributed by atoms with Crippen LogP contribution >= 0.6 is 0 Å². The largest absolute Gasteiger partial charge is 0.496 e. The minimum absolute atomic E-state index is 0.176. The van der Waals surface area contributed by atoms with E-state index in [-0.39, 0.29) is 12.5 Å². The number of hydrogen-bond acceptors (Lipinski definition) is 5. The Bertz CT molecular complexity index is 1040. The summed E-state index contributed by atoms with van der Waals surface area (Å²) in [6.45, 7) is 5.56. The molecular weight excluding hydrogens is 408 g/mol. The van der Waals surface area contributed by atoms with Crippen LogP contribution < -0.4 is 15.4 Å². The van der Waals surface area contributed by atoms with E-state index in [1.807, 2.05) is 36.4 Å². The molecule has 0 fully saturated rings. The molecule has 0 bridgehead atoms. The van der Waals surface area contributed by atoms with E-state index >= 15 is 0 Å². The van der Waals surface area contributed by atoms with E-state index in [2.05, 4.69) is 20.8 Å². The summed E-state index contributed by atoms with van der Waals surface area (Å²) in [5, 5.41) is 12.4. The summed E-state index contributed by atoms with van der Waals surface area (Å²) >= 11 is 0. The standard InChI is InChI=1S/C24H28N4O4/c1-24(2,3)32-23(30)25-15-20(16-8-6-5-7-9-16)28-22(29)17-10-11-19(21(12-17)31-4)18-13-26-27-14-18/h5-14,20H,15H2,1-4H3,(H,25,30)(H,26,27)(H,28,29). The Morgan fingerprint density at radius 3 is 2.50 bits per heavy atom. The molecule has 0 aliphatic rings. The third kappa shape index (κ3) is 6.10. The number of rotatable bonds is 7. The summed E-state index contributed by atoms with van der Waals surface area (Å²) in [5.74, 6) is 0.268. The van der Waals surface area contributed by atoms with Crippen LogP contribution in [0.2, 0.25) is 0 Å². The van der Waals surface area contributed by atoms with Gasteiger partial charge in [0.2, 0.25) is 0 Å². The van der Waals surface area contributed by atoms with E-state index in [9.17, 15) is 9.59 Å². The van der Waals surface area contributed by atoms with E-state index in [1.165, 1.54) is 0 Å². The lowest BCUT2D eigenvalue weighted by atomic mass is 10.0. The van der Waals surface area contributed by atoms with Crippen LogP contribution in [0.15, 0.2) is 60.9 Å². The van der Waals surface area contributed by atoms with Gasteiger partial charge in [-0.15, -0.1) is 0 Å². The number of benzene rings is 2. The van der Waals surface area contributed by atoms with Crippen LogP contribution in [-0.4, -0.2) is 41.5 Å². The normalized spacial score (nSPS) is 12.0. The molecule has 1 atom stereocenters. The fourth-order valence-electron chi connectivity index (χ4n) is 3.15. The molecular formula is C24H28N4O4. The second kappa shape index (κ2) is 10.00. The maximum absolute atomic E-state index is 13.0. The second-order valence-electron chi connectivity index (χ2n) is 8.22. The summed E-state index contributed by atoms with van der Waals surface area (Å²) in [6.07, 6.45) is 2.90. The number of aromatic nitrogens is 2. The highest BCUT2D eigenvalue weighted by Crippen LogP contribution is 2.30. The quantitative estimate of drug-likeness (QED) is 0.518. The molecule has 0 saturated carbocycles. The molecule has 0 radical (unpaired) electrons. The molecule has 3 rings (SSSR count). The van der Waals surface area contributed by atoms with Gasteiger partial charge >= 0.3 is 6.09 Å². The maximum atomic E-state index is 13.0. The van der Waals surface area contributed by atoms with Crippen molar-refractivity contribution in [3.05, 3.63) is 72.1 Å². The van der Waals surface area contributed by atoms with Crippen molar-refractivity contribution in [2.75, 3.05) is 13.7 Å². The summed E-state index contributed by atoms with van der Waals surface area (Å²) in [4.78, 5) is 25.2. The van der Waals surface area contributed by atoms with Crippen LogP contribution in [0.1, 0.15) is 42.7 Å². The number of H-pyrrole nitrogens is 1. The fourth-order valence-corrected chi connectivity index (χ4v) is 3.15. The van der Waals surface area contributed by atoms with Crippen molar-refractivity contribution in [3.8, 4) is 16.9 Å². The van der Waals surface area contributed by atoms with Crippen LogP contribution in [0.25, 0.3) is 11.1 Å². The van der Waals surface area contributed by atoms with Crippen molar-refractivity contribution in [2.24, 2.45) is 0 Å². The van der Waals surface area contributed by atoms with Crippen molar-refractivity contribution in [3.63, 3.8) is 0 Å². The molecule has 0 aliphatic heterocycles. The van der Waals surface area contributed by atoms with E-state index < -0.39 is 17.7 Å². The number of hydrogen-bond donors (Lipinski definition) is 3. The summed E-state index contributed by atoms with van der Waals surface area (Å²) in [5.41, 5.74) is 2.37. The lowest BCUT2D eigenvalue weighted by molar-refractivity contribution is 0.0520. The second-order valence-corrected chi connectivity index (χ2v) is 8.22. The number of nitrogens with one attached hydrogen (secondary N) is 3. The molecule has 8 nitrogen and oxygen atoms in total. The molecule has 2 amide bonds. The van der Waals surface area contributed by atoms with Crippen molar-refractivity contribution < 1.29 is 19.1 Å². The van der Waals surface area contributed by atoms with E-state index in [0.717, 1.165) is 16.7 Å². The molecule has 1 heterocycles. The van der Waals surface area contributed by atoms with Gasteiger partial charge in [-0.3, -0.25) is 9.89 Å². The Balaban J connectivity index is 1.77. The summed E-state index contributed by atoms with van der Waals surface area (Å²) in [7, 11) is 1.55. The molecule has 1 aromatic heterocycles. The number of nitrogens with zero attached hydrogens (tertiary/aromatic N) is 1. The number of carbonyl (C=O) groups is 2. The molecule has 0 aliphatic carbocycles. The van der Waals surface area contributed by atoms with Gasteiger partial charge in [0.25, 0.3) is 5.91 Å². The van der Waals surface area contributed by atoms with Gasteiger partial charge in [0.1, 0.15) is 11.4 Å². The zero-order chi connectivity index (χ0) is 23.1. The first-order chi connectivity index (χ1) is 15.3. The molecule has 0 saturated heterocycles. The van der Waals surface area contributed by atoms with Crippen molar-refractivity contribution >= 4 is 12.0 Å². The topological polar surface area (TPSA) is 105 Å². The Kier molecular flexibility index (Phi) is 7.14. The molecule has 1 unspecified atom stereocenters. The lowest BCUT2D eigenvalue weighted by Gasteiger charge is -2.23. The molecule has 2 aromatic carbocycles. The zero-order valence-corrected chi connectivity index (χ0v) is 18.6. The number of ether oxygens (including phenoxy) is 2. The monoisotopic (exact) mass is 436 g/mol. The Hall–Kier alpha value is -3.81. The molecule has 0 spiro atoms. The Morgan fingerprint density at radius 1 is 1.12 bits per heavy atom. The van der Waals surface area contributed by atoms with Crippen molar-refractivity contribution in [1.82, 2.24) is 20.8 Å². The first kappa shape index (κ1) is 22.9. The van der Waals surface area contributed by atoms with Gasteiger partial charge in [-0.1, -0.05) is 30.3 Å². The van der Waals surface area contributed by atoms with Gasteiger partial charge in [-0.25, -0.2) is 4.79 Å². The number of amides is 2.